The number of hydrogen-bond acceptors (Lipinski definition) is 4. The number of alkyl halides is 1. The minimum absolute atomic E-state index is 0.148. The Hall–Kier alpha value is -0.680. The highest BCUT2D eigenvalue weighted by molar-refractivity contribution is 5.75. The van der Waals surface area contributed by atoms with Crippen molar-refractivity contribution in [3.8, 4) is 0 Å². The highest BCUT2D eigenvalue weighted by Crippen LogP contribution is 2.20. The third-order valence-corrected chi connectivity index (χ3v) is 2.59. The predicted molar refractivity (Wildman–Crippen MR) is 48.5 cm³/mol. The Bertz CT molecular complexity index is 194. The SMILES string of the molecule is COC(=O)C(F)C(O)C1CCNCC1. The summed E-state index contributed by atoms with van der Waals surface area (Å²) < 4.78 is 17.5. The van der Waals surface area contributed by atoms with E-state index in [0.29, 0.717) is 12.8 Å². The molecule has 0 aromatic heterocycles. The van der Waals surface area contributed by atoms with E-state index in [9.17, 15) is 14.3 Å². The maximum atomic E-state index is 13.2. The molecule has 0 aromatic carbocycles. The molecular formula is C9H16FNO3. The Morgan fingerprint density at radius 2 is 2.14 bits per heavy atom. The molecule has 1 aliphatic heterocycles. The molecule has 82 valence electrons. The van der Waals surface area contributed by atoms with Crippen molar-refractivity contribution in [2.24, 2.45) is 5.92 Å². The Kier molecular flexibility index (Phi) is 4.28. The molecule has 1 aliphatic rings. The number of esters is 1. The zero-order valence-electron chi connectivity index (χ0n) is 8.20. The van der Waals surface area contributed by atoms with Crippen LogP contribution < -0.4 is 5.32 Å². The van der Waals surface area contributed by atoms with E-state index in [1.807, 2.05) is 0 Å². The van der Waals surface area contributed by atoms with Crippen LogP contribution >= 0.6 is 0 Å². The van der Waals surface area contributed by atoms with Crippen LogP contribution in [0, 0.1) is 5.92 Å². The minimum atomic E-state index is -1.91. The van der Waals surface area contributed by atoms with E-state index >= 15 is 0 Å². The molecule has 5 heteroatoms. The number of piperidine rings is 1. The van der Waals surface area contributed by atoms with Gasteiger partial charge in [0.2, 0.25) is 6.17 Å². The average molecular weight is 205 g/mol. The highest BCUT2D eigenvalue weighted by Gasteiger charge is 2.34. The summed E-state index contributed by atoms with van der Waals surface area (Å²) in [6, 6.07) is 0. The Balaban J connectivity index is 2.45. The van der Waals surface area contributed by atoms with Crippen molar-refractivity contribution in [2.75, 3.05) is 20.2 Å². The number of carbonyl (C=O) groups excluding carboxylic acids is 1. The summed E-state index contributed by atoms with van der Waals surface area (Å²) in [5.74, 6) is -1.14. The van der Waals surface area contributed by atoms with Gasteiger partial charge in [0.1, 0.15) is 0 Å². The molecule has 1 heterocycles. The molecule has 0 spiro atoms. The molecule has 0 bridgehead atoms. The molecule has 1 rings (SSSR count). The molecular weight excluding hydrogens is 189 g/mol. The molecule has 2 N–H and O–H groups in total. The van der Waals surface area contributed by atoms with E-state index in [1.54, 1.807) is 0 Å². The van der Waals surface area contributed by atoms with Crippen molar-refractivity contribution in [3.63, 3.8) is 0 Å². The smallest absolute Gasteiger partial charge is 0.343 e. The molecule has 0 saturated carbocycles. The summed E-state index contributed by atoms with van der Waals surface area (Å²) in [5.41, 5.74) is 0. The van der Waals surface area contributed by atoms with Crippen LogP contribution in [0.15, 0.2) is 0 Å². The van der Waals surface area contributed by atoms with Crippen LogP contribution in [-0.2, 0) is 9.53 Å². The lowest BCUT2D eigenvalue weighted by Crippen LogP contribution is -2.41. The second kappa shape index (κ2) is 5.26. The topological polar surface area (TPSA) is 58.6 Å². The summed E-state index contributed by atoms with van der Waals surface area (Å²) >= 11 is 0. The number of hydrogen-bond donors (Lipinski definition) is 2. The van der Waals surface area contributed by atoms with Gasteiger partial charge in [0, 0.05) is 0 Å². The van der Waals surface area contributed by atoms with Crippen LogP contribution in [0.4, 0.5) is 4.39 Å². The van der Waals surface area contributed by atoms with Crippen LogP contribution in [0.5, 0.6) is 0 Å². The zero-order valence-corrected chi connectivity index (χ0v) is 8.20. The van der Waals surface area contributed by atoms with Gasteiger partial charge in [-0.15, -0.1) is 0 Å². The average Bonchev–Trinajstić information content (AvgIpc) is 2.27. The third-order valence-electron chi connectivity index (χ3n) is 2.59. The number of halogens is 1. The van der Waals surface area contributed by atoms with Crippen molar-refractivity contribution in [3.05, 3.63) is 0 Å². The molecule has 0 radical (unpaired) electrons. The van der Waals surface area contributed by atoms with E-state index in [0.717, 1.165) is 20.2 Å². The molecule has 0 aromatic rings. The first kappa shape index (κ1) is 11.4. The standard InChI is InChI=1S/C9H16FNO3/c1-14-9(13)7(10)8(12)6-2-4-11-5-3-6/h6-8,11-12H,2-5H2,1H3. The number of ether oxygens (including phenoxy) is 1. The van der Waals surface area contributed by atoms with Gasteiger partial charge in [-0.05, 0) is 31.8 Å². The Labute approximate surface area is 82.4 Å². The van der Waals surface area contributed by atoms with Crippen molar-refractivity contribution in [1.82, 2.24) is 5.32 Å². The predicted octanol–water partition coefficient (Wildman–Crippen LogP) is -0.142. The lowest BCUT2D eigenvalue weighted by Gasteiger charge is -2.28. The van der Waals surface area contributed by atoms with Crippen molar-refractivity contribution in [1.29, 1.82) is 0 Å². The van der Waals surface area contributed by atoms with Gasteiger partial charge in [0.15, 0.2) is 0 Å². The lowest BCUT2D eigenvalue weighted by atomic mass is 9.90. The first-order valence-corrected chi connectivity index (χ1v) is 4.77. The summed E-state index contributed by atoms with van der Waals surface area (Å²) in [4.78, 5) is 10.8. The fraction of sp³-hybridized carbons (Fsp3) is 0.889. The monoisotopic (exact) mass is 205 g/mol. The van der Waals surface area contributed by atoms with Crippen LogP contribution in [0.1, 0.15) is 12.8 Å². The summed E-state index contributed by atoms with van der Waals surface area (Å²) in [6.45, 7) is 1.52. The van der Waals surface area contributed by atoms with E-state index in [1.165, 1.54) is 0 Å². The number of carbonyl (C=O) groups is 1. The molecule has 1 saturated heterocycles. The van der Waals surface area contributed by atoms with Crippen LogP contribution in [0.25, 0.3) is 0 Å². The Morgan fingerprint density at radius 3 is 2.64 bits per heavy atom. The van der Waals surface area contributed by atoms with Gasteiger partial charge in [-0.2, -0.15) is 0 Å². The molecule has 1 fully saturated rings. The number of aliphatic hydroxyl groups is 1. The van der Waals surface area contributed by atoms with Crippen molar-refractivity contribution >= 4 is 5.97 Å². The van der Waals surface area contributed by atoms with Crippen LogP contribution in [0.2, 0.25) is 0 Å². The second-order valence-electron chi connectivity index (χ2n) is 3.50. The molecule has 0 amide bonds. The largest absolute Gasteiger partial charge is 0.467 e. The van der Waals surface area contributed by atoms with Crippen molar-refractivity contribution in [2.45, 2.75) is 25.1 Å². The summed E-state index contributed by atoms with van der Waals surface area (Å²) in [7, 11) is 1.12. The molecule has 0 aliphatic carbocycles. The highest BCUT2D eigenvalue weighted by atomic mass is 19.1. The van der Waals surface area contributed by atoms with Gasteiger partial charge in [0.25, 0.3) is 0 Å². The number of nitrogens with one attached hydrogen (secondary N) is 1. The quantitative estimate of drug-likeness (QED) is 0.629. The first-order valence-electron chi connectivity index (χ1n) is 4.77. The van der Waals surface area contributed by atoms with Gasteiger partial charge in [-0.1, -0.05) is 0 Å². The van der Waals surface area contributed by atoms with Gasteiger partial charge in [-0.25, -0.2) is 9.18 Å². The third kappa shape index (κ3) is 2.65. The summed E-state index contributed by atoms with van der Waals surface area (Å²) in [5, 5.41) is 12.6. The second-order valence-corrected chi connectivity index (χ2v) is 3.50. The van der Waals surface area contributed by atoms with Crippen molar-refractivity contribution < 1.29 is 19.0 Å². The van der Waals surface area contributed by atoms with E-state index in [-0.39, 0.29) is 5.92 Å². The van der Waals surface area contributed by atoms with Gasteiger partial charge < -0.3 is 15.2 Å². The number of rotatable bonds is 3. The molecule has 2 atom stereocenters. The first-order chi connectivity index (χ1) is 6.66. The van der Waals surface area contributed by atoms with Gasteiger partial charge in [0.05, 0.1) is 13.2 Å². The number of aliphatic hydroxyl groups excluding tert-OH is 1. The van der Waals surface area contributed by atoms with Crippen LogP contribution in [-0.4, -0.2) is 43.6 Å². The van der Waals surface area contributed by atoms with Crippen LogP contribution in [0.3, 0.4) is 0 Å². The molecule has 14 heavy (non-hydrogen) atoms. The lowest BCUT2D eigenvalue weighted by molar-refractivity contribution is -0.152. The van der Waals surface area contributed by atoms with E-state index in [2.05, 4.69) is 10.1 Å². The van der Waals surface area contributed by atoms with Gasteiger partial charge >= 0.3 is 5.97 Å². The normalized spacial score (nSPS) is 22.8. The van der Waals surface area contributed by atoms with E-state index < -0.39 is 18.2 Å². The maximum absolute atomic E-state index is 13.2. The molecule has 4 nitrogen and oxygen atoms in total. The Morgan fingerprint density at radius 1 is 1.57 bits per heavy atom. The van der Waals surface area contributed by atoms with E-state index in [4.69, 9.17) is 0 Å². The molecule has 2 unspecified atom stereocenters. The fourth-order valence-corrected chi connectivity index (χ4v) is 1.68. The zero-order chi connectivity index (χ0) is 10.6. The minimum Gasteiger partial charge on any atom is -0.467 e. The maximum Gasteiger partial charge on any atom is 0.343 e. The fourth-order valence-electron chi connectivity index (χ4n) is 1.68. The number of methoxy groups -OCH3 is 1. The van der Waals surface area contributed by atoms with Gasteiger partial charge in [-0.3, -0.25) is 0 Å². The summed E-state index contributed by atoms with van der Waals surface area (Å²) in [6.07, 6.45) is -1.76.